The SMILES string of the molecule is COC(=O)[C@H]1[C@H]2CC[C@H](C2)[C@@H]1C(=O)OCC(=O)c1ccc(C)c(C)c1. The number of carbonyl (C=O) groups excluding carboxylic acids is 3. The number of ether oxygens (including phenoxy) is 2. The minimum absolute atomic E-state index is 0.165. The molecule has 4 atom stereocenters. The van der Waals surface area contributed by atoms with Gasteiger partial charge in [-0.3, -0.25) is 14.4 Å². The zero-order valence-electron chi connectivity index (χ0n) is 14.9. The van der Waals surface area contributed by atoms with Crippen LogP contribution in [0.5, 0.6) is 0 Å². The molecule has 0 radical (unpaired) electrons. The van der Waals surface area contributed by atoms with E-state index >= 15 is 0 Å². The van der Waals surface area contributed by atoms with Crippen molar-refractivity contribution in [3.05, 3.63) is 34.9 Å². The maximum absolute atomic E-state index is 12.5. The highest BCUT2D eigenvalue weighted by atomic mass is 16.5. The van der Waals surface area contributed by atoms with Crippen LogP contribution < -0.4 is 0 Å². The topological polar surface area (TPSA) is 69.7 Å². The smallest absolute Gasteiger partial charge is 0.310 e. The number of carbonyl (C=O) groups is 3. The molecule has 0 amide bonds. The maximum Gasteiger partial charge on any atom is 0.310 e. The van der Waals surface area contributed by atoms with E-state index < -0.39 is 17.8 Å². The fourth-order valence-corrected chi connectivity index (χ4v) is 4.34. The van der Waals surface area contributed by atoms with Gasteiger partial charge in [-0.1, -0.05) is 12.1 Å². The molecule has 0 N–H and O–H groups in total. The molecule has 0 aromatic heterocycles. The van der Waals surface area contributed by atoms with Gasteiger partial charge in [-0.2, -0.15) is 0 Å². The van der Waals surface area contributed by atoms with E-state index in [2.05, 4.69) is 0 Å². The zero-order valence-corrected chi connectivity index (χ0v) is 14.9. The number of hydrogen-bond acceptors (Lipinski definition) is 5. The Morgan fingerprint density at radius 1 is 1.00 bits per heavy atom. The molecule has 1 aromatic rings. The summed E-state index contributed by atoms with van der Waals surface area (Å²) in [5.41, 5.74) is 2.67. The van der Waals surface area contributed by atoms with E-state index in [1.54, 1.807) is 12.1 Å². The number of benzene rings is 1. The van der Waals surface area contributed by atoms with Gasteiger partial charge >= 0.3 is 11.9 Å². The Labute approximate surface area is 147 Å². The van der Waals surface area contributed by atoms with Crippen LogP contribution in [-0.2, 0) is 19.1 Å². The van der Waals surface area contributed by atoms with E-state index in [1.165, 1.54) is 7.11 Å². The van der Waals surface area contributed by atoms with Crippen molar-refractivity contribution in [2.24, 2.45) is 23.7 Å². The number of ketones is 1. The molecule has 134 valence electrons. The predicted octanol–water partition coefficient (Wildman–Crippen LogP) is 2.86. The Bertz CT molecular complexity index is 708. The third-order valence-electron chi connectivity index (χ3n) is 5.84. The van der Waals surface area contributed by atoms with Crippen LogP contribution in [0, 0.1) is 37.5 Å². The average molecular weight is 344 g/mol. The Morgan fingerprint density at radius 2 is 1.64 bits per heavy atom. The van der Waals surface area contributed by atoms with Gasteiger partial charge in [0.1, 0.15) is 0 Å². The number of aryl methyl sites for hydroxylation is 2. The normalized spacial score (nSPS) is 27.2. The van der Waals surface area contributed by atoms with Crippen LogP contribution >= 0.6 is 0 Å². The van der Waals surface area contributed by atoms with Crippen LogP contribution in [0.4, 0.5) is 0 Å². The average Bonchev–Trinajstić information content (AvgIpc) is 3.22. The first-order chi connectivity index (χ1) is 11.9. The summed E-state index contributed by atoms with van der Waals surface area (Å²) in [7, 11) is 1.35. The molecule has 0 spiro atoms. The first-order valence-electron chi connectivity index (χ1n) is 8.77. The van der Waals surface area contributed by atoms with E-state index in [-0.39, 0.29) is 30.2 Å². The summed E-state index contributed by atoms with van der Waals surface area (Å²) in [5.74, 6) is -1.54. The number of fused-ring (bicyclic) bond motifs is 2. The highest BCUT2D eigenvalue weighted by Gasteiger charge is 2.55. The molecule has 0 aliphatic heterocycles. The number of methoxy groups -OCH3 is 1. The summed E-state index contributed by atoms with van der Waals surface area (Å²) in [5, 5.41) is 0. The maximum atomic E-state index is 12.5. The molecule has 1 aromatic carbocycles. The minimum Gasteiger partial charge on any atom is -0.469 e. The highest BCUT2D eigenvalue weighted by molar-refractivity contribution is 5.98. The Hall–Kier alpha value is -2.17. The lowest BCUT2D eigenvalue weighted by atomic mass is 9.79. The number of rotatable bonds is 5. The van der Waals surface area contributed by atoms with E-state index in [0.717, 1.165) is 30.4 Å². The monoisotopic (exact) mass is 344 g/mol. The molecule has 2 saturated carbocycles. The second-order valence-electron chi connectivity index (χ2n) is 7.24. The van der Waals surface area contributed by atoms with Crippen molar-refractivity contribution in [1.82, 2.24) is 0 Å². The van der Waals surface area contributed by atoms with Crippen LogP contribution in [0.25, 0.3) is 0 Å². The standard InChI is InChI=1S/C20H24O5/c1-11-4-5-13(8-12(11)2)16(21)10-25-20(23)18-15-7-6-14(9-15)17(18)19(22)24-3/h4-5,8,14-15,17-18H,6-7,9-10H2,1-3H3/t14-,15+,17-,18-/m0/s1. The van der Waals surface area contributed by atoms with Gasteiger partial charge in [0, 0.05) is 5.56 Å². The van der Waals surface area contributed by atoms with Gasteiger partial charge in [0.05, 0.1) is 18.9 Å². The molecule has 0 unspecified atom stereocenters. The van der Waals surface area contributed by atoms with Gasteiger partial charge in [-0.25, -0.2) is 0 Å². The van der Waals surface area contributed by atoms with E-state index in [9.17, 15) is 14.4 Å². The summed E-state index contributed by atoms with van der Waals surface area (Å²) in [6.45, 7) is 3.63. The van der Waals surface area contributed by atoms with E-state index in [0.29, 0.717) is 5.56 Å². The fraction of sp³-hybridized carbons (Fsp3) is 0.550. The van der Waals surface area contributed by atoms with Gasteiger partial charge in [-0.15, -0.1) is 0 Å². The second-order valence-corrected chi connectivity index (χ2v) is 7.24. The van der Waals surface area contributed by atoms with Crippen molar-refractivity contribution >= 4 is 17.7 Å². The zero-order chi connectivity index (χ0) is 18.1. The summed E-state index contributed by atoms with van der Waals surface area (Å²) in [4.78, 5) is 36.9. The van der Waals surface area contributed by atoms with Crippen molar-refractivity contribution in [1.29, 1.82) is 0 Å². The minimum atomic E-state index is -0.473. The molecule has 2 aliphatic rings. The largest absolute Gasteiger partial charge is 0.469 e. The molecule has 25 heavy (non-hydrogen) atoms. The van der Waals surface area contributed by atoms with Crippen LogP contribution in [0.2, 0.25) is 0 Å². The van der Waals surface area contributed by atoms with Crippen LogP contribution in [0.3, 0.4) is 0 Å². The van der Waals surface area contributed by atoms with E-state index in [4.69, 9.17) is 9.47 Å². The molecule has 2 fully saturated rings. The van der Waals surface area contributed by atoms with Crippen LogP contribution in [0.1, 0.15) is 40.7 Å². The van der Waals surface area contributed by atoms with Crippen molar-refractivity contribution in [3.63, 3.8) is 0 Å². The molecule has 5 nitrogen and oxygen atoms in total. The van der Waals surface area contributed by atoms with Crippen molar-refractivity contribution in [2.45, 2.75) is 33.1 Å². The van der Waals surface area contributed by atoms with E-state index in [1.807, 2.05) is 19.9 Å². The number of esters is 2. The predicted molar refractivity (Wildman–Crippen MR) is 91.0 cm³/mol. The van der Waals surface area contributed by atoms with Gasteiger partial charge < -0.3 is 9.47 Å². The fourth-order valence-electron chi connectivity index (χ4n) is 4.34. The molecule has 2 bridgehead atoms. The van der Waals surface area contributed by atoms with Crippen molar-refractivity contribution < 1.29 is 23.9 Å². The summed E-state index contributed by atoms with van der Waals surface area (Å²) in [6.07, 6.45) is 2.75. The Kier molecular flexibility index (Phi) is 4.93. The van der Waals surface area contributed by atoms with Crippen LogP contribution in [-0.4, -0.2) is 31.4 Å². The van der Waals surface area contributed by atoms with Gasteiger partial charge in [0.2, 0.25) is 0 Å². The molecule has 2 aliphatic carbocycles. The van der Waals surface area contributed by atoms with Crippen molar-refractivity contribution in [2.75, 3.05) is 13.7 Å². The van der Waals surface area contributed by atoms with Gasteiger partial charge in [0.15, 0.2) is 12.4 Å². The summed E-state index contributed by atoms with van der Waals surface area (Å²) < 4.78 is 10.2. The second kappa shape index (κ2) is 6.98. The molecular weight excluding hydrogens is 320 g/mol. The molecule has 5 heteroatoms. The third-order valence-corrected chi connectivity index (χ3v) is 5.84. The third kappa shape index (κ3) is 3.32. The Morgan fingerprint density at radius 3 is 2.24 bits per heavy atom. The van der Waals surface area contributed by atoms with Crippen LogP contribution in [0.15, 0.2) is 18.2 Å². The lowest BCUT2D eigenvalue weighted by Crippen LogP contribution is -2.37. The quantitative estimate of drug-likeness (QED) is 0.607. The summed E-state index contributed by atoms with van der Waals surface area (Å²) >= 11 is 0. The molecule has 0 saturated heterocycles. The summed E-state index contributed by atoms with van der Waals surface area (Å²) in [6, 6.07) is 5.43. The Balaban J connectivity index is 1.64. The highest BCUT2D eigenvalue weighted by Crippen LogP contribution is 2.53. The number of hydrogen-bond donors (Lipinski definition) is 0. The van der Waals surface area contributed by atoms with Crippen molar-refractivity contribution in [3.8, 4) is 0 Å². The van der Waals surface area contributed by atoms with Gasteiger partial charge in [-0.05, 0) is 62.1 Å². The molecule has 3 rings (SSSR count). The van der Waals surface area contributed by atoms with Gasteiger partial charge in [0.25, 0.3) is 0 Å². The lowest BCUT2D eigenvalue weighted by Gasteiger charge is -2.27. The first kappa shape index (κ1) is 17.6. The first-order valence-corrected chi connectivity index (χ1v) is 8.77. The molecule has 0 heterocycles. The number of Topliss-reactive ketones (excluding diaryl/α,β-unsaturated/α-hetero) is 1. The molecular formula is C20H24O5. The lowest BCUT2D eigenvalue weighted by molar-refractivity contribution is -0.161.